The molecule has 0 unspecified atom stereocenters. The van der Waals surface area contributed by atoms with Crippen LogP contribution in [0.2, 0.25) is 0 Å². The number of aliphatic hydroxyl groups excluding tert-OH is 1. The Morgan fingerprint density at radius 2 is 2.20 bits per heavy atom. The lowest BCUT2D eigenvalue weighted by molar-refractivity contribution is 0.196. The minimum Gasteiger partial charge on any atom is -0.395 e. The SMILES string of the molecule is CN1CCN(Cc2ccc(C#CCCO)cc2F)C1=O. The molecular formula is C15H17FN2O2. The molecule has 2 amide bonds. The van der Waals surface area contributed by atoms with Crippen molar-refractivity contribution in [1.29, 1.82) is 0 Å². The maximum Gasteiger partial charge on any atom is 0.320 e. The molecule has 0 aromatic heterocycles. The molecule has 4 nitrogen and oxygen atoms in total. The summed E-state index contributed by atoms with van der Waals surface area (Å²) >= 11 is 0. The Morgan fingerprint density at radius 1 is 1.40 bits per heavy atom. The van der Waals surface area contributed by atoms with Crippen LogP contribution in [-0.4, -0.2) is 47.7 Å². The van der Waals surface area contributed by atoms with E-state index in [1.807, 2.05) is 0 Å². The Kier molecular flexibility index (Phi) is 4.59. The highest BCUT2D eigenvalue weighted by molar-refractivity contribution is 5.76. The highest BCUT2D eigenvalue weighted by Crippen LogP contribution is 2.16. The van der Waals surface area contributed by atoms with Crippen LogP contribution >= 0.6 is 0 Å². The number of likely N-dealkylation sites (N-methyl/N-ethyl adjacent to an activating group) is 1. The van der Waals surface area contributed by atoms with Gasteiger partial charge in [0.25, 0.3) is 0 Å². The second-order valence-electron chi connectivity index (χ2n) is 4.71. The molecule has 2 rings (SSSR count). The average molecular weight is 276 g/mol. The van der Waals surface area contributed by atoms with Crippen molar-refractivity contribution < 1.29 is 14.3 Å². The number of nitrogens with zero attached hydrogens (tertiary/aromatic N) is 2. The molecule has 1 aliphatic heterocycles. The molecule has 1 saturated heterocycles. The Hall–Kier alpha value is -2.06. The molecule has 0 radical (unpaired) electrons. The van der Waals surface area contributed by atoms with E-state index in [9.17, 15) is 9.18 Å². The van der Waals surface area contributed by atoms with Gasteiger partial charge >= 0.3 is 6.03 Å². The number of aliphatic hydroxyl groups is 1. The normalized spacial score (nSPS) is 14.4. The summed E-state index contributed by atoms with van der Waals surface area (Å²) < 4.78 is 14.0. The number of carbonyl (C=O) groups excluding carboxylic acids is 1. The molecule has 0 saturated carbocycles. The number of benzene rings is 1. The molecule has 1 fully saturated rings. The first-order chi connectivity index (χ1) is 9.61. The van der Waals surface area contributed by atoms with Crippen molar-refractivity contribution in [3.05, 3.63) is 35.1 Å². The van der Waals surface area contributed by atoms with Crippen molar-refractivity contribution in [2.75, 3.05) is 26.7 Å². The fraction of sp³-hybridized carbons (Fsp3) is 0.400. The van der Waals surface area contributed by atoms with E-state index in [4.69, 9.17) is 5.11 Å². The topological polar surface area (TPSA) is 43.8 Å². The van der Waals surface area contributed by atoms with Gasteiger partial charge in [-0.1, -0.05) is 17.9 Å². The maximum atomic E-state index is 14.0. The van der Waals surface area contributed by atoms with Crippen molar-refractivity contribution in [1.82, 2.24) is 9.80 Å². The van der Waals surface area contributed by atoms with E-state index in [0.29, 0.717) is 30.6 Å². The molecule has 1 aromatic rings. The smallest absolute Gasteiger partial charge is 0.320 e. The van der Waals surface area contributed by atoms with Gasteiger partial charge in [-0.25, -0.2) is 9.18 Å². The summed E-state index contributed by atoms with van der Waals surface area (Å²) in [4.78, 5) is 15.0. The summed E-state index contributed by atoms with van der Waals surface area (Å²) in [7, 11) is 1.73. The van der Waals surface area contributed by atoms with Gasteiger partial charge in [-0.2, -0.15) is 0 Å². The summed E-state index contributed by atoms with van der Waals surface area (Å²) in [5, 5.41) is 8.63. The summed E-state index contributed by atoms with van der Waals surface area (Å²) in [6.07, 6.45) is 0.373. The molecule has 0 aliphatic carbocycles. The van der Waals surface area contributed by atoms with Gasteiger partial charge in [-0.15, -0.1) is 0 Å². The lowest BCUT2D eigenvalue weighted by Gasteiger charge is -2.16. The van der Waals surface area contributed by atoms with Gasteiger partial charge in [-0.05, 0) is 12.1 Å². The zero-order chi connectivity index (χ0) is 14.5. The largest absolute Gasteiger partial charge is 0.395 e. The lowest BCUT2D eigenvalue weighted by atomic mass is 10.1. The molecule has 20 heavy (non-hydrogen) atoms. The van der Waals surface area contributed by atoms with E-state index in [0.717, 1.165) is 0 Å². The molecular weight excluding hydrogens is 259 g/mol. The van der Waals surface area contributed by atoms with Crippen molar-refractivity contribution in [3.8, 4) is 11.8 Å². The van der Waals surface area contributed by atoms with Crippen LogP contribution in [0.5, 0.6) is 0 Å². The number of carbonyl (C=O) groups is 1. The Bertz CT molecular complexity index is 563. The third-order valence-corrected chi connectivity index (χ3v) is 3.19. The van der Waals surface area contributed by atoms with E-state index < -0.39 is 0 Å². The summed E-state index contributed by atoms with van der Waals surface area (Å²) in [5.41, 5.74) is 1.06. The van der Waals surface area contributed by atoms with E-state index in [-0.39, 0.29) is 25.0 Å². The van der Waals surface area contributed by atoms with E-state index in [2.05, 4.69) is 11.8 Å². The summed E-state index contributed by atoms with van der Waals surface area (Å²) in [6.45, 7) is 1.56. The van der Waals surface area contributed by atoms with Crippen LogP contribution in [0.25, 0.3) is 0 Å². The molecule has 1 aromatic carbocycles. The van der Waals surface area contributed by atoms with Gasteiger partial charge < -0.3 is 14.9 Å². The molecule has 0 atom stereocenters. The quantitative estimate of drug-likeness (QED) is 0.849. The standard InChI is InChI=1S/C15H17FN2O2/c1-17-7-8-18(15(17)20)11-13-6-5-12(10-14(13)16)4-2-3-9-19/h5-6,10,19H,3,7-9,11H2,1H3. The minimum atomic E-state index is -0.358. The third-order valence-electron chi connectivity index (χ3n) is 3.19. The Balaban J connectivity index is 2.07. The fourth-order valence-corrected chi connectivity index (χ4v) is 2.03. The predicted molar refractivity (Wildman–Crippen MR) is 73.4 cm³/mol. The van der Waals surface area contributed by atoms with Crippen molar-refractivity contribution in [3.63, 3.8) is 0 Å². The highest BCUT2D eigenvalue weighted by atomic mass is 19.1. The van der Waals surface area contributed by atoms with Crippen molar-refractivity contribution in [2.45, 2.75) is 13.0 Å². The van der Waals surface area contributed by atoms with Crippen molar-refractivity contribution in [2.24, 2.45) is 0 Å². The average Bonchev–Trinajstić information content (AvgIpc) is 2.74. The first-order valence-corrected chi connectivity index (χ1v) is 6.50. The van der Waals surface area contributed by atoms with E-state index in [1.165, 1.54) is 6.07 Å². The van der Waals surface area contributed by atoms with E-state index in [1.54, 1.807) is 29.0 Å². The second-order valence-corrected chi connectivity index (χ2v) is 4.71. The number of rotatable bonds is 3. The zero-order valence-electron chi connectivity index (χ0n) is 11.4. The van der Waals surface area contributed by atoms with Crippen LogP contribution in [0, 0.1) is 17.7 Å². The third kappa shape index (κ3) is 3.28. The first kappa shape index (κ1) is 14.4. The van der Waals surface area contributed by atoms with Crippen LogP contribution in [0.15, 0.2) is 18.2 Å². The molecule has 0 spiro atoms. The van der Waals surface area contributed by atoms with Crippen LogP contribution in [-0.2, 0) is 6.54 Å². The number of amides is 2. The van der Waals surface area contributed by atoms with Gasteiger partial charge in [0.15, 0.2) is 0 Å². The van der Waals surface area contributed by atoms with Gasteiger partial charge in [0.2, 0.25) is 0 Å². The van der Waals surface area contributed by atoms with Crippen molar-refractivity contribution >= 4 is 6.03 Å². The molecule has 1 aliphatic rings. The molecule has 1 N–H and O–H groups in total. The molecule has 0 bridgehead atoms. The molecule has 1 heterocycles. The van der Waals surface area contributed by atoms with Gasteiger partial charge in [-0.3, -0.25) is 0 Å². The number of hydrogen-bond donors (Lipinski definition) is 1. The van der Waals surface area contributed by atoms with Gasteiger partial charge in [0.1, 0.15) is 5.82 Å². The monoisotopic (exact) mass is 276 g/mol. The number of halogens is 1. The minimum absolute atomic E-state index is 0.00183. The number of urea groups is 1. The highest BCUT2D eigenvalue weighted by Gasteiger charge is 2.25. The molecule has 5 heteroatoms. The zero-order valence-corrected chi connectivity index (χ0v) is 11.4. The van der Waals surface area contributed by atoms with Crippen LogP contribution in [0.3, 0.4) is 0 Å². The van der Waals surface area contributed by atoms with Crippen LogP contribution < -0.4 is 0 Å². The van der Waals surface area contributed by atoms with Crippen LogP contribution in [0.4, 0.5) is 9.18 Å². The van der Waals surface area contributed by atoms with E-state index >= 15 is 0 Å². The Morgan fingerprint density at radius 3 is 2.80 bits per heavy atom. The maximum absolute atomic E-state index is 14.0. The lowest BCUT2D eigenvalue weighted by Crippen LogP contribution is -2.29. The number of hydrogen-bond acceptors (Lipinski definition) is 2. The predicted octanol–water partition coefficient (Wildman–Crippen LogP) is 1.43. The fourth-order valence-electron chi connectivity index (χ4n) is 2.03. The summed E-state index contributed by atoms with van der Waals surface area (Å²) in [5.74, 6) is 5.17. The first-order valence-electron chi connectivity index (χ1n) is 6.50. The second kappa shape index (κ2) is 6.40. The Labute approximate surface area is 117 Å². The molecule has 106 valence electrons. The summed E-state index contributed by atoms with van der Waals surface area (Å²) in [6, 6.07) is 4.68. The van der Waals surface area contributed by atoms with Gasteiger partial charge in [0, 0.05) is 37.7 Å². The van der Waals surface area contributed by atoms with Gasteiger partial charge in [0.05, 0.1) is 13.2 Å². The van der Waals surface area contributed by atoms with Crippen LogP contribution in [0.1, 0.15) is 17.5 Å².